The van der Waals surface area contributed by atoms with Crippen molar-refractivity contribution in [3.63, 3.8) is 0 Å². The summed E-state index contributed by atoms with van der Waals surface area (Å²) in [6, 6.07) is 29.1. The van der Waals surface area contributed by atoms with Crippen LogP contribution in [0, 0.1) is 11.3 Å². The van der Waals surface area contributed by atoms with Gasteiger partial charge in [0.2, 0.25) is 5.91 Å². The van der Waals surface area contributed by atoms with Gasteiger partial charge in [0, 0.05) is 47.1 Å². The van der Waals surface area contributed by atoms with Crippen molar-refractivity contribution in [2.45, 2.75) is 51.7 Å². The Morgan fingerprint density at radius 1 is 0.726 bits per heavy atom. The number of phenols is 1. The fraction of sp³-hybridized carbons (Fsp3) is 0.170. The van der Waals surface area contributed by atoms with Gasteiger partial charge in [-0.2, -0.15) is 20.7 Å². The number of primary amides is 1. The number of Topliss-reactive ketones (excluding diaryl/α,β-unsaturated/α-hetero) is 3. The van der Waals surface area contributed by atoms with Gasteiger partial charge in [-0.15, -0.1) is 0 Å². The molecule has 1 atom stereocenters. The first-order chi connectivity index (χ1) is 29.7. The minimum Gasteiger partial charge on any atom is -0.504 e. The molecule has 5 aromatic carbocycles. The third-order valence-corrected chi connectivity index (χ3v) is 9.79. The molecule has 0 saturated heterocycles. The van der Waals surface area contributed by atoms with Crippen molar-refractivity contribution in [2.24, 2.45) is 5.73 Å². The Morgan fingerprint density at radius 2 is 1.27 bits per heavy atom. The molecule has 0 unspecified atom stereocenters. The molecule has 6 aromatic rings. The minimum atomic E-state index is -1.24. The van der Waals surface area contributed by atoms with Gasteiger partial charge in [0.15, 0.2) is 28.8 Å². The monoisotopic (exact) mass is 832 g/mol. The zero-order valence-electron chi connectivity index (χ0n) is 33.5. The zero-order chi connectivity index (χ0) is 44.5. The number of aromatic amines is 1. The molecule has 6 rings (SSSR count). The number of benzene rings is 5. The van der Waals surface area contributed by atoms with Gasteiger partial charge < -0.3 is 26.0 Å². The number of aromatic nitrogens is 3. The first-order valence-electron chi connectivity index (χ1n) is 19.3. The topological polar surface area (TPSA) is 256 Å². The van der Waals surface area contributed by atoms with Gasteiger partial charge in [-0.25, -0.2) is 4.79 Å². The molecule has 0 radical (unpaired) electrons. The maximum Gasteiger partial charge on any atom is 0.335 e. The lowest BCUT2D eigenvalue weighted by atomic mass is 9.95. The number of carbonyl (C=O) groups excluding carboxylic acids is 5. The van der Waals surface area contributed by atoms with Gasteiger partial charge in [0.1, 0.15) is 11.4 Å². The summed E-state index contributed by atoms with van der Waals surface area (Å²) >= 11 is 0. The fourth-order valence-corrected chi connectivity index (χ4v) is 6.60. The summed E-state index contributed by atoms with van der Waals surface area (Å²) in [5.74, 6) is -4.19. The number of amides is 2. The highest BCUT2D eigenvalue weighted by molar-refractivity contribution is 6.03. The number of carboxylic acid groups (broad SMARTS) is 1. The Morgan fingerprint density at radius 3 is 1.82 bits per heavy atom. The van der Waals surface area contributed by atoms with Crippen LogP contribution in [0.3, 0.4) is 0 Å². The van der Waals surface area contributed by atoms with Crippen LogP contribution in [-0.4, -0.2) is 72.9 Å². The van der Waals surface area contributed by atoms with Gasteiger partial charge in [0.05, 0.1) is 41.3 Å². The molecule has 0 aliphatic rings. The maximum absolute atomic E-state index is 13.5. The Kier molecular flexibility index (Phi) is 13.4. The normalized spacial score (nSPS) is 11.3. The highest BCUT2D eigenvalue weighted by Crippen LogP contribution is 2.36. The summed E-state index contributed by atoms with van der Waals surface area (Å²) in [4.78, 5) is 76.6. The van der Waals surface area contributed by atoms with Crippen molar-refractivity contribution in [2.75, 3.05) is 0 Å². The van der Waals surface area contributed by atoms with Crippen LogP contribution >= 0.6 is 0 Å². The van der Waals surface area contributed by atoms with Gasteiger partial charge in [-0.1, -0.05) is 66.7 Å². The van der Waals surface area contributed by atoms with E-state index in [2.05, 4.69) is 26.8 Å². The molecule has 0 spiro atoms. The SMILES string of the molecule is CC(C)Oc1c(CC(=O)c2ccc(CC(=O)[C@H](CC(N)=O)NC(=O)c3ccc(-c4n[nH]nc4-c4ccc(C#N)cc4)cc3)cc2)ccc(C(=O)Cc2ccc(C(=O)O)cc2)c1O. The van der Waals surface area contributed by atoms with E-state index in [1.165, 1.54) is 48.5 Å². The zero-order valence-corrected chi connectivity index (χ0v) is 33.5. The number of hydrogen-bond acceptors (Lipinski definition) is 11. The van der Waals surface area contributed by atoms with E-state index >= 15 is 0 Å². The van der Waals surface area contributed by atoms with Gasteiger partial charge in [-0.3, -0.25) is 24.0 Å². The first-order valence-corrected chi connectivity index (χ1v) is 19.3. The lowest BCUT2D eigenvalue weighted by molar-refractivity contribution is -0.125. The second-order valence-corrected chi connectivity index (χ2v) is 14.6. The number of rotatable bonds is 18. The number of phenolic OH excluding ortho intramolecular Hbond substituents is 1. The number of nitrogens with zero attached hydrogens (tertiary/aromatic N) is 3. The number of carboxylic acids is 1. The van der Waals surface area contributed by atoms with Crippen molar-refractivity contribution in [3.05, 3.63) is 154 Å². The number of aromatic hydroxyl groups is 1. The summed E-state index contributed by atoms with van der Waals surface area (Å²) < 4.78 is 5.88. The van der Waals surface area contributed by atoms with E-state index in [1.807, 2.05) is 0 Å². The predicted molar refractivity (Wildman–Crippen MR) is 226 cm³/mol. The predicted octanol–water partition coefficient (Wildman–Crippen LogP) is 5.84. The number of nitriles is 1. The van der Waals surface area contributed by atoms with Crippen molar-refractivity contribution in [1.29, 1.82) is 5.26 Å². The number of aromatic carboxylic acids is 1. The molecule has 0 bridgehead atoms. The van der Waals surface area contributed by atoms with Crippen LogP contribution in [0.5, 0.6) is 11.5 Å². The molecule has 1 heterocycles. The van der Waals surface area contributed by atoms with E-state index in [9.17, 15) is 33.9 Å². The Hall–Kier alpha value is -8.25. The highest BCUT2D eigenvalue weighted by atomic mass is 16.5. The van der Waals surface area contributed by atoms with Gasteiger partial charge >= 0.3 is 5.97 Å². The lowest BCUT2D eigenvalue weighted by Crippen LogP contribution is -2.44. The maximum atomic E-state index is 13.5. The summed E-state index contributed by atoms with van der Waals surface area (Å²) in [6.07, 6.45) is -1.34. The quantitative estimate of drug-likeness (QED) is 0.0641. The highest BCUT2D eigenvalue weighted by Gasteiger charge is 2.25. The molecule has 0 fully saturated rings. The molecule has 6 N–H and O–H groups in total. The Balaban J connectivity index is 1.10. The van der Waals surface area contributed by atoms with Gasteiger partial charge in [-0.05, 0) is 67.4 Å². The summed E-state index contributed by atoms with van der Waals surface area (Å²) in [5, 5.41) is 43.1. The summed E-state index contributed by atoms with van der Waals surface area (Å²) in [7, 11) is 0. The first kappa shape index (κ1) is 43.3. The summed E-state index contributed by atoms with van der Waals surface area (Å²) in [5.41, 5.74) is 10.3. The fourth-order valence-electron chi connectivity index (χ4n) is 6.60. The molecule has 15 heteroatoms. The van der Waals surface area contributed by atoms with E-state index in [1.54, 1.807) is 74.5 Å². The van der Waals surface area contributed by atoms with Crippen LogP contribution < -0.4 is 15.8 Å². The Labute approximate surface area is 355 Å². The molecule has 15 nitrogen and oxygen atoms in total. The number of hydrogen-bond donors (Lipinski definition) is 5. The molecule has 0 aliphatic carbocycles. The Bertz CT molecular complexity index is 2700. The number of nitrogens with one attached hydrogen (secondary N) is 2. The van der Waals surface area contributed by atoms with E-state index in [-0.39, 0.29) is 47.5 Å². The van der Waals surface area contributed by atoms with Crippen LogP contribution in [0.15, 0.2) is 109 Å². The number of H-pyrrole nitrogens is 1. The molecular formula is C47H40N6O9. The molecule has 1 aromatic heterocycles. The van der Waals surface area contributed by atoms with E-state index in [0.29, 0.717) is 44.8 Å². The lowest BCUT2D eigenvalue weighted by Gasteiger charge is -2.18. The number of nitrogens with two attached hydrogens (primary N) is 1. The molecular weight excluding hydrogens is 793 g/mol. The van der Waals surface area contributed by atoms with Crippen molar-refractivity contribution < 1.29 is 43.7 Å². The van der Waals surface area contributed by atoms with Crippen LogP contribution in [0.1, 0.15) is 84.0 Å². The second kappa shape index (κ2) is 19.2. The molecule has 0 saturated carbocycles. The van der Waals surface area contributed by atoms with Crippen LogP contribution in [0.25, 0.3) is 22.5 Å². The third kappa shape index (κ3) is 10.5. The molecule has 0 aliphatic heterocycles. The van der Waals surface area contributed by atoms with Crippen molar-refractivity contribution in [1.82, 2.24) is 20.7 Å². The largest absolute Gasteiger partial charge is 0.504 e. The van der Waals surface area contributed by atoms with E-state index < -0.39 is 53.7 Å². The van der Waals surface area contributed by atoms with Crippen LogP contribution in [0.4, 0.5) is 0 Å². The standard InChI is InChI=1S/C47H40N6O9/c1-26(2)62-45-35(19-20-36(44(45)58)39(55)21-27-5-13-34(14-6-27)47(60)61)23-38(54)30-9-3-28(4-10-30)22-40(56)37(24-41(49)57)50-46(59)33-17-15-32(16-18-33)43-42(51-53-52-43)31-11-7-29(25-48)8-12-31/h3-20,26,37,58H,21-24H2,1-2H3,(H2,49,57)(H,50,59)(H,60,61)(H,51,52,53)/t37-/m0/s1. The third-order valence-electron chi connectivity index (χ3n) is 9.79. The average molecular weight is 833 g/mol. The number of ether oxygens (including phenoxy) is 1. The number of ketones is 3. The molecule has 2 amide bonds. The second-order valence-electron chi connectivity index (χ2n) is 14.6. The van der Waals surface area contributed by atoms with Crippen LogP contribution in [0.2, 0.25) is 0 Å². The molecule has 312 valence electrons. The van der Waals surface area contributed by atoms with Gasteiger partial charge in [0.25, 0.3) is 5.91 Å². The average Bonchev–Trinajstić information content (AvgIpc) is 3.75. The number of carbonyl (C=O) groups is 6. The smallest absolute Gasteiger partial charge is 0.335 e. The van der Waals surface area contributed by atoms with Crippen molar-refractivity contribution in [3.8, 4) is 40.1 Å². The van der Waals surface area contributed by atoms with Crippen LogP contribution in [-0.2, 0) is 28.9 Å². The van der Waals surface area contributed by atoms with E-state index in [4.69, 9.17) is 20.8 Å². The van der Waals surface area contributed by atoms with E-state index in [0.717, 1.165) is 5.56 Å². The minimum absolute atomic E-state index is 0.00933. The molecule has 62 heavy (non-hydrogen) atoms. The summed E-state index contributed by atoms with van der Waals surface area (Å²) in [6.45, 7) is 3.47. The van der Waals surface area contributed by atoms with Crippen molar-refractivity contribution >= 4 is 35.1 Å².